The Labute approximate surface area is 170 Å². The van der Waals surface area contributed by atoms with Crippen LogP contribution in [0.25, 0.3) is 11.3 Å². The Morgan fingerprint density at radius 3 is 1.53 bits per heavy atom. The van der Waals surface area contributed by atoms with Gasteiger partial charge in [-0.1, -0.05) is 0 Å². The molecule has 2 amide bonds. The maximum Gasteiger partial charge on any atom is 0.272 e. The van der Waals surface area contributed by atoms with Gasteiger partial charge in [0.2, 0.25) is 0 Å². The standard InChI is InChI=1S/C20H18N8O2/c29-19(15-1-5-21-17-3-7-23-27(15)17)25-9-13-11-26(12-14(13)10-25)20(30)16-2-6-22-18-4-8-24-28(16)18/h1-8,13-14H,9-12H2. The number of rotatable bonds is 2. The van der Waals surface area contributed by atoms with Crippen molar-refractivity contribution in [3.05, 3.63) is 60.4 Å². The van der Waals surface area contributed by atoms with Gasteiger partial charge >= 0.3 is 0 Å². The second kappa shape index (κ2) is 6.34. The average molecular weight is 402 g/mol. The third-order valence-corrected chi connectivity index (χ3v) is 6.08. The maximum absolute atomic E-state index is 13.1. The fourth-order valence-corrected chi connectivity index (χ4v) is 4.64. The molecule has 0 unspecified atom stereocenters. The summed E-state index contributed by atoms with van der Waals surface area (Å²) < 4.78 is 3.15. The molecule has 6 rings (SSSR count). The molecule has 0 radical (unpaired) electrons. The SMILES string of the molecule is O=C(c1ccnc2ccnn12)N1CC2CN(C(=O)c3ccnc4ccnn34)CC2C1. The molecular weight excluding hydrogens is 384 g/mol. The molecule has 6 heterocycles. The van der Waals surface area contributed by atoms with Gasteiger partial charge in [0.1, 0.15) is 11.4 Å². The van der Waals surface area contributed by atoms with Crippen LogP contribution < -0.4 is 0 Å². The van der Waals surface area contributed by atoms with Gasteiger partial charge in [-0.2, -0.15) is 10.2 Å². The first-order valence-electron chi connectivity index (χ1n) is 9.85. The number of likely N-dealkylation sites (tertiary alicyclic amines) is 2. The predicted molar refractivity (Wildman–Crippen MR) is 105 cm³/mol. The van der Waals surface area contributed by atoms with E-state index in [1.165, 1.54) is 0 Å². The summed E-state index contributed by atoms with van der Waals surface area (Å²) in [6.07, 6.45) is 6.53. The summed E-state index contributed by atoms with van der Waals surface area (Å²) in [5.41, 5.74) is 2.32. The Morgan fingerprint density at radius 2 is 1.10 bits per heavy atom. The van der Waals surface area contributed by atoms with E-state index in [9.17, 15) is 9.59 Å². The zero-order valence-corrected chi connectivity index (χ0v) is 16.0. The van der Waals surface area contributed by atoms with Gasteiger partial charge in [0.15, 0.2) is 11.3 Å². The van der Waals surface area contributed by atoms with Crippen molar-refractivity contribution in [3.8, 4) is 0 Å². The number of nitrogens with zero attached hydrogens (tertiary/aromatic N) is 8. The van der Waals surface area contributed by atoms with Crippen LogP contribution in [-0.2, 0) is 0 Å². The van der Waals surface area contributed by atoms with E-state index in [-0.39, 0.29) is 23.7 Å². The highest BCUT2D eigenvalue weighted by Crippen LogP contribution is 2.32. The largest absolute Gasteiger partial charge is 0.337 e. The molecule has 2 fully saturated rings. The lowest BCUT2D eigenvalue weighted by atomic mass is 10.0. The summed E-state index contributed by atoms with van der Waals surface area (Å²) in [5, 5.41) is 8.43. The van der Waals surface area contributed by atoms with Crippen molar-refractivity contribution in [1.82, 2.24) is 39.0 Å². The van der Waals surface area contributed by atoms with E-state index >= 15 is 0 Å². The van der Waals surface area contributed by atoms with Gasteiger partial charge in [0.25, 0.3) is 11.8 Å². The number of carbonyl (C=O) groups is 2. The van der Waals surface area contributed by atoms with Crippen LogP contribution in [0.4, 0.5) is 0 Å². The van der Waals surface area contributed by atoms with E-state index in [2.05, 4.69) is 20.2 Å². The number of fused-ring (bicyclic) bond motifs is 3. The van der Waals surface area contributed by atoms with E-state index in [1.807, 2.05) is 9.80 Å². The fraction of sp³-hybridized carbons (Fsp3) is 0.300. The van der Waals surface area contributed by atoms with Crippen molar-refractivity contribution in [3.63, 3.8) is 0 Å². The molecule has 0 spiro atoms. The number of aromatic nitrogens is 6. The molecule has 2 aliphatic heterocycles. The lowest BCUT2D eigenvalue weighted by Gasteiger charge is -2.22. The van der Waals surface area contributed by atoms with Crippen molar-refractivity contribution in [2.24, 2.45) is 11.8 Å². The van der Waals surface area contributed by atoms with Gasteiger partial charge in [-0.3, -0.25) is 9.59 Å². The Balaban J connectivity index is 1.19. The van der Waals surface area contributed by atoms with Crippen LogP contribution in [0.3, 0.4) is 0 Å². The van der Waals surface area contributed by atoms with E-state index < -0.39 is 0 Å². The molecule has 0 N–H and O–H groups in total. The van der Waals surface area contributed by atoms with Crippen LogP contribution in [-0.4, -0.2) is 77.0 Å². The summed E-state index contributed by atoms with van der Waals surface area (Å²) >= 11 is 0. The molecule has 150 valence electrons. The normalized spacial score (nSPS) is 20.9. The lowest BCUT2D eigenvalue weighted by molar-refractivity contribution is 0.0729. The highest BCUT2D eigenvalue weighted by molar-refractivity contribution is 5.94. The molecule has 0 saturated carbocycles. The van der Waals surface area contributed by atoms with Crippen LogP contribution in [0.1, 0.15) is 21.0 Å². The minimum Gasteiger partial charge on any atom is -0.337 e. The third-order valence-electron chi connectivity index (χ3n) is 6.08. The lowest BCUT2D eigenvalue weighted by Crippen LogP contribution is -2.36. The van der Waals surface area contributed by atoms with Crippen LogP contribution in [0.15, 0.2) is 49.1 Å². The third kappa shape index (κ3) is 2.49. The number of hydrogen-bond donors (Lipinski definition) is 0. The van der Waals surface area contributed by atoms with Gasteiger partial charge in [-0.15, -0.1) is 0 Å². The second-order valence-electron chi connectivity index (χ2n) is 7.80. The maximum atomic E-state index is 13.1. The van der Waals surface area contributed by atoms with Crippen LogP contribution in [0.2, 0.25) is 0 Å². The molecule has 0 atom stereocenters. The summed E-state index contributed by atoms with van der Waals surface area (Å²) in [4.78, 5) is 38.3. The van der Waals surface area contributed by atoms with Crippen molar-refractivity contribution < 1.29 is 9.59 Å². The Hall–Kier alpha value is -3.82. The highest BCUT2D eigenvalue weighted by Gasteiger charge is 2.44. The first-order chi connectivity index (χ1) is 14.7. The summed E-state index contributed by atoms with van der Waals surface area (Å²) in [7, 11) is 0. The first-order valence-corrected chi connectivity index (χ1v) is 9.85. The van der Waals surface area contributed by atoms with E-state index in [4.69, 9.17) is 0 Å². The van der Waals surface area contributed by atoms with Crippen molar-refractivity contribution in [1.29, 1.82) is 0 Å². The quantitative estimate of drug-likeness (QED) is 0.487. The highest BCUT2D eigenvalue weighted by atomic mass is 16.2. The minimum atomic E-state index is -0.0502. The molecule has 0 bridgehead atoms. The summed E-state index contributed by atoms with van der Waals surface area (Å²) in [5.74, 6) is 0.433. The molecule has 0 aromatic carbocycles. The van der Waals surface area contributed by atoms with Crippen molar-refractivity contribution in [2.75, 3.05) is 26.2 Å². The predicted octanol–water partition coefficient (Wildman–Crippen LogP) is 0.616. The van der Waals surface area contributed by atoms with Gasteiger partial charge in [-0.25, -0.2) is 19.0 Å². The van der Waals surface area contributed by atoms with E-state index in [1.54, 1.807) is 58.1 Å². The van der Waals surface area contributed by atoms with Crippen LogP contribution in [0, 0.1) is 11.8 Å². The van der Waals surface area contributed by atoms with E-state index in [0.717, 1.165) is 0 Å². The van der Waals surface area contributed by atoms with Gasteiger partial charge in [0, 0.05) is 62.5 Å². The zero-order valence-electron chi connectivity index (χ0n) is 16.0. The molecule has 4 aromatic heterocycles. The topological polar surface area (TPSA) is 101 Å². The Kier molecular flexibility index (Phi) is 3.61. The van der Waals surface area contributed by atoms with Crippen LogP contribution >= 0.6 is 0 Å². The first kappa shape index (κ1) is 17.1. The average Bonchev–Trinajstić information content (AvgIpc) is 3.54. The second-order valence-corrected chi connectivity index (χ2v) is 7.80. The smallest absolute Gasteiger partial charge is 0.272 e. The van der Waals surface area contributed by atoms with Crippen molar-refractivity contribution >= 4 is 23.1 Å². The zero-order chi connectivity index (χ0) is 20.2. The van der Waals surface area contributed by atoms with E-state index in [0.29, 0.717) is 48.9 Å². The molecule has 10 nitrogen and oxygen atoms in total. The molecule has 2 saturated heterocycles. The number of hydrogen-bond acceptors (Lipinski definition) is 6. The van der Waals surface area contributed by atoms with Gasteiger partial charge < -0.3 is 9.80 Å². The fourth-order valence-electron chi connectivity index (χ4n) is 4.64. The van der Waals surface area contributed by atoms with Crippen molar-refractivity contribution in [2.45, 2.75) is 0 Å². The summed E-state index contributed by atoms with van der Waals surface area (Å²) in [6.45, 7) is 2.52. The van der Waals surface area contributed by atoms with Gasteiger partial charge in [0.05, 0.1) is 12.4 Å². The minimum absolute atomic E-state index is 0.0502. The number of carbonyl (C=O) groups excluding carboxylic acids is 2. The van der Waals surface area contributed by atoms with Crippen LogP contribution in [0.5, 0.6) is 0 Å². The molecule has 10 heteroatoms. The molecule has 30 heavy (non-hydrogen) atoms. The molecule has 2 aliphatic rings. The number of amides is 2. The molecular formula is C20H18N8O2. The molecule has 4 aromatic rings. The Morgan fingerprint density at radius 1 is 0.667 bits per heavy atom. The van der Waals surface area contributed by atoms with Gasteiger partial charge in [-0.05, 0) is 12.1 Å². The molecule has 0 aliphatic carbocycles. The summed E-state index contributed by atoms with van der Waals surface area (Å²) in [6, 6.07) is 6.94. The monoisotopic (exact) mass is 402 g/mol. The Bertz CT molecular complexity index is 1180.